The van der Waals surface area contributed by atoms with Gasteiger partial charge in [0.2, 0.25) is 23.6 Å². The van der Waals surface area contributed by atoms with E-state index in [1.54, 1.807) is 11.1 Å². The van der Waals surface area contributed by atoms with Crippen molar-refractivity contribution >= 4 is 53.2 Å². The van der Waals surface area contributed by atoms with Gasteiger partial charge in [-0.2, -0.15) is 0 Å². The van der Waals surface area contributed by atoms with Crippen LogP contribution in [0.3, 0.4) is 0 Å². The van der Waals surface area contributed by atoms with E-state index in [9.17, 15) is 38.0 Å². The molecule has 4 rings (SSSR count). The number of nitrogens with one attached hydrogen (secondary N) is 3. The van der Waals surface area contributed by atoms with Crippen molar-refractivity contribution in [2.75, 3.05) is 137 Å². The van der Waals surface area contributed by atoms with Crippen LogP contribution in [0.1, 0.15) is 76.6 Å². The molecular weight excluding hydrogens is 1120 g/mol. The fourth-order valence-corrected chi connectivity index (χ4v) is 9.51. The van der Waals surface area contributed by atoms with Crippen LogP contribution in [-0.2, 0) is 73.3 Å². The van der Waals surface area contributed by atoms with Crippen molar-refractivity contribution in [2.24, 2.45) is 11.1 Å². The first kappa shape index (κ1) is 70.3. The van der Waals surface area contributed by atoms with Gasteiger partial charge in [-0.3, -0.25) is 38.5 Å². The van der Waals surface area contributed by atoms with E-state index in [0.29, 0.717) is 70.4 Å². The van der Waals surface area contributed by atoms with Crippen molar-refractivity contribution in [3.8, 4) is 11.1 Å². The maximum Gasteiger partial charge on any atom is 0.305 e. The summed E-state index contributed by atoms with van der Waals surface area (Å²) in [5, 5.41) is 16.9. The van der Waals surface area contributed by atoms with Crippen LogP contribution in [0.15, 0.2) is 72.9 Å². The fourth-order valence-electron chi connectivity index (χ4n) is 8.58. The number of thioether (sulfide) groups is 1. The Hall–Kier alpha value is -6.16. The summed E-state index contributed by atoms with van der Waals surface area (Å²) in [6, 6.07) is 13.2. The summed E-state index contributed by atoms with van der Waals surface area (Å²) in [7, 11) is 0. The molecule has 22 nitrogen and oxygen atoms in total. The average Bonchev–Trinajstić information content (AvgIpc) is 2.54. The van der Waals surface area contributed by atoms with Gasteiger partial charge in [-0.05, 0) is 67.5 Å². The minimum Gasteiger partial charge on any atom is -0.481 e. The van der Waals surface area contributed by atoms with Crippen molar-refractivity contribution in [3.05, 3.63) is 95.8 Å². The SMILES string of the molecule is CC(C)(C)[C@H](c1cc(-c2cc(F)ccc2F)cn1Cc1ccccc1)N(CCCN)C(=O)CSC[C@H](NC(=O)CCOCCOCCCCCOCCNC(=O)CN1C(=O)C=CC1=O)C(=O)NCCOCCOCCOCCOCCC(=O)O. The molecule has 0 spiro atoms. The van der Waals surface area contributed by atoms with Crippen molar-refractivity contribution < 1.29 is 80.6 Å². The highest BCUT2D eigenvalue weighted by Gasteiger charge is 2.37. The zero-order valence-corrected chi connectivity index (χ0v) is 49.4. The number of hydrogen-bond donors (Lipinski definition) is 5. The Balaban J connectivity index is 1.27. The van der Waals surface area contributed by atoms with E-state index < -0.39 is 64.6 Å². The Labute approximate surface area is 495 Å². The number of nitrogens with two attached hydrogens (primary N) is 1. The lowest BCUT2D eigenvalue weighted by Gasteiger charge is -2.41. The molecule has 25 heteroatoms. The van der Waals surface area contributed by atoms with Crippen molar-refractivity contribution in [2.45, 2.75) is 77.9 Å². The third-order valence-corrected chi connectivity index (χ3v) is 13.7. The van der Waals surface area contributed by atoms with Gasteiger partial charge in [0.15, 0.2) is 0 Å². The van der Waals surface area contributed by atoms with Crippen LogP contribution in [-0.4, -0.2) is 204 Å². The molecule has 2 aromatic carbocycles. The molecule has 0 saturated carbocycles. The molecule has 0 aliphatic carbocycles. The molecular formula is C59H85F2N7O15S. The van der Waals surface area contributed by atoms with Gasteiger partial charge in [-0.1, -0.05) is 51.1 Å². The Morgan fingerprint density at radius 2 is 1.26 bits per heavy atom. The number of carboxylic acid groups (broad SMARTS) is 1. The summed E-state index contributed by atoms with van der Waals surface area (Å²) in [5.74, 6) is -4.79. The van der Waals surface area contributed by atoms with Crippen molar-refractivity contribution in [1.29, 1.82) is 0 Å². The quantitative estimate of drug-likeness (QED) is 0.0390. The second-order valence-electron chi connectivity index (χ2n) is 20.5. The van der Waals surface area contributed by atoms with Crippen LogP contribution < -0.4 is 21.7 Å². The second-order valence-corrected chi connectivity index (χ2v) is 21.5. The number of halogens is 2. The summed E-state index contributed by atoms with van der Waals surface area (Å²) in [6.45, 7) is 10.9. The average molecular weight is 1200 g/mol. The minimum atomic E-state index is -1.04. The first-order valence-electron chi connectivity index (χ1n) is 28.4. The Kier molecular flexibility index (Phi) is 33.7. The summed E-state index contributed by atoms with van der Waals surface area (Å²) in [5.41, 5.74) is 7.67. The fraction of sp³-hybridized carbons (Fsp3) is 0.576. The molecule has 0 radical (unpaired) electrons. The van der Waals surface area contributed by atoms with Crippen LogP contribution in [0.4, 0.5) is 8.78 Å². The standard InChI is InChI=1S/C59H85F2N7O15S/c1-59(2,3)57(50-37-45(47-38-46(60)13-14-48(47)61)40-66(50)39-44-11-6-4-7-12-44)67(22-10-19-62)55(73)43-84-42-49(58(76)64-21-28-81-32-34-83-36-35-82-33-31-80-26-18-56(74)75)65-51(69)17-25-79-30-29-78-24-9-5-8-23-77-27-20-63-52(70)41-68-53(71)15-16-54(68)72/h4,6-7,11-16,37-38,40,49,57H,5,8-10,17-36,39,41-43,62H2,1-3H3,(H,63,70)(H,64,76)(H,65,69)(H,74,75)/t49-,57-/m0/s1. The van der Waals surface area contributed by atoms with Gasteiger partial charge in [0, 0.05) is 86.7 Å². The number of aliphatic carboxylic acids is 1. The Morgan fingerprint density at radius 3 is 1.87 bits per heavy atom. The van der Waals surface area contributed by atoms with E-state index >= 15 is 4.39 Å². The molecule has 0 fully saturated rings. The van der Waals surface area contributed by atoms with Crippen LogP contribution in [0, 0.1) is 17.0 Å². The third kappa shape index (κ3) is 27.7. The number of rotatable bonds is 46. The molecule has 3 aromatic rings. The number of nitrogens with zero attached hydrogens (tertiary/aromatic N) is 3. The second kappa shape index (κ2) is 40.2. The maximum absolute atomic E-state index is 15.3. The molecule has 0 saturated heterocycles. The lowest BCUT2D eigenvalue weighted by Crippen LogP contribution is -2.49. The van der Waals surface area contributed by atoms with Crippen LogP contribution in [0.5, 0.6) is 0 Å². The first-order valence-corrected chi connectivity index (χ1v) is 29.5. The van der Waals surface area contributed by atoms with E-state index in [2.05, 4.69) is 16.0 Å². The summed E-state index contributed by atoms with van der Waals surface area (Å²) < 4.78 is 70.5. The molecule has 0 unspecified atom stereocenters. The summed E-state index contributed by atoms with van der Waals surface area (Å²) in [4.78, 5) is 90.1. The smallest absolute Gasteiger partial charge is 0.305 e. The maximum atomic E-state index is 15.3. The Bertz CT molecular complexity index is 2500. The third-order valence-electron chi connectivity index (χ3n) is 12.7. The number of aromatic nitrogens is 1. The lowest BCUT2D eigenvalue weighted by molar-refractivity contribution is -0.141. The zero-order valence-electron chi connectivity index (χ0n) is 48.6. The molecule has 84 heavy (non-hydrogen) atoms. The van der Waals surface area contributed by atoms with Gasteiger partial charge in [0.25, 0.3) is 11.8 Å². The van der Waals surface area contributed by atoms with Gasteiger partial charge in [-0.25, -0.2) is 8.78 Å². The molecule has 466 valence electrons. The predicted octanol–water partition coefficient (Wildman–Crippen LogP) is 4.27. The summed E-state index contributed by atoms with van der Waals surface area (Å²) in [6.07, 6.45) is 6.78. The van der Waals surface area contributed by atoms with Gasteiger partial charge >= 0.3 is 5.97 Å². The number of hydrogen-bond acceptors (Lipinski definition) is 16. The number of benzene rings is 2. The number of unbranched alkanes of at least 4 members (excludes halogenated alkanes) is 2. The van der Waals surface area contributed by atoms with Gasteiger partial charge in [0.1, 0.15) is 24.2 Å². The molecule has 0 bridgehead atoms. The van der Waals surface area contributed by atoms with Crippen molar-refractivity contribution in [3.63, 3.8) is 0 Å². The van der Waals surface area contributed by atoms with Gasteiger partial charge in [0.05, 0.1) is 97.5 Å². The highest BCUT2D eigenvalue weighted by Crippen LogP contribution is 2.41. The molecule has 2 atom stereocenters. The van der Waals surface area contributed by atoms with Crippen molar-refractivity contribution in [1.82, 2.24) is 30.3 Å². The number of amides is 6. The number of carbonyl (C=O) groups is 7. The first-order chi connectivity index (χ1) is 40.5. The topological polar surface area (TPSA) is 278 Å². The number of carbonyl (C=O) groups excluding carboxylic acids is 6. The van der Waals surface area contributed by atoms with Crippen LogP contribution in [0.2, 0.25) is 0 Å². The van der Waals surface area contributed by atoms with Gasteiger partial charge < -0.3 is 69.4 Å². The van der Waals surface area contributed by atoms with E-state index in [1.807, 2.05) is 61.7 Å². The highest BCUT2D eigenvalue weighted by molar-refractivity contribution is 8.00. The lowest BCUT2D eigenvalue weighted by atomic mass is 9.83. The van der Waals surface area contributed by atoms with Gasteiger partial charge in [-0.15, -0.1) is 11.8 Å². The molecule has 6 N–H and O–H groups in total. The van der Waals surface area contributed by atoms with Crippen LogP contribution in [0.25, 0.3) is 11.1 Å². The molecule has 1 aromatic heterocycles. The van der Waals surface area contributed by atoms with E-state index in [4.69, 9.17) is 44.0 Å². The number of imide groups is 1. The normalized spacial score (nSPS) is 13.1. The molecule has 2 heterocycles. The Morgan fingerprint density at radius 1 is 0.690 bits per heavy atom. The number of carboxylic acids is 1. The minimum absolute atomic E-state index is 0.0389. The molecule has 6 amide bonds. The molecule has 1 aliphatic heterocycles. The zero-order chi connectivity index (χ0) is 61.0. The van der Waals surface area contributed by atoms with E-state index in [1.165, 1.54) is 11.8 Å². The van der Waals surface area contributed by atoms with E-state index in [0.717, 1.165) is 60.1 Å². The largest absolute Gasteiger partial charge is 0.481 e. The highest BCUT2D eigenvalue weighted by atomic mass is 32.2. The van der Waals surface area contributed by atoms with Crippen LogP contribution >= 0.6 is 11.8 Å². The summed E-state index contributed by atoms with van der Waals surface area (Å²) >= 11 is 1.18. The monoisotopic (exact) mass is 1200 g/mol. The van der Waals surface area contributed by atoms with E-state index in [-0.39, 0.29) is 115 Å². The molecule has 1 aliphatic rings. The number of ether oxygens (including phenoxy) is 7. The predicted molar refractivity (Wildman–Crippen MR) is 310 cm³/mol.